The Labute approximate surface area is 105 Å². The number of aryl methyl sites for hydroxylation is 2. The van der Waals surface area contributed by atoms with Crippen molar-refractivity contribution in [2.24, 2.45) is 7.05 Å². The summed E-state index contributed by atoms with van der Waals surface area (Å²) in [7, 11) is 1.99. The van der Waals surface area contributed by atoms with Crippen molar-refractivity contribution in [1.82, 2.24) is 15.1 Å². The van der Waals surface area contributed by atoms with Crippen molar-refractivity contribution in [3.05, 3.63) is 29.6 Å². The predicted octanol–water partition coefficient (Wildman–Crippen LogP) is 2.99. The molecule has 1 rings (SSSR count). The minimum Gasteiger partial charge on any atom is -0.310 e. The third kappa shape index (κ3) is 4.00. The first-order chi connectivity index (χ1) is 8.08. The van der Waals surface area contributed by atoms with Gasteiger partial charge in [-0.05, 0) is 32.7 Å². The molecule has 0 radical (unpaired) electrons. The Bertz CT molecular complexity index is 366. The normalized spacial score (nSPS) is 12.7. The fourth-order valence-corrected chi connectivity index (χ4v) is 2.08. The van der Waals surface area contributed by atoms with Gasteiger partial charge in [0, 0.05) is 24.8 Å². The highest BCUT2D eigenvalue weighted by Gasteiger charge is 2.17. The van der Waals surface area contributed by atoms with Crippen molar-refractivity contribution in [1.29, 1.82) is 0 Å². The minimum atomic E-state index is 0.358. The molecule has 1 heterocycles. The Morgan fingerprint density at radius 3 is 2.76 bits per heavy atom. The van der Waals surface area contributed by atoms with E-state index in [1.807, 2.05) is 11.7 Å². The zero-order valence-electron chi connectivity index (χ0n) is 11.6. The summed E-state index contributed by atoms with van der Waals surface area (Å²) in [6.07, 6.45) is 5.25. The number of nitrogens with one attached hydrogen (secondary N) is 1. The van der Waals surface area contributed by atoms with Gasteiger partial charge >= 0.3 is 0 Å². The molecule has 1 unspecified atom stereocenters. The summed E-state index contributed by atoms with van der Waals surface area (Å²) < 4.78 is 1.91. The molecule has 1 N–H and O–H groups in total. The molecular formula is C14H25N3. The largest absolute Gasteiger partial charge is 0.310 e. The van der Waals surface area contributed by atoms with E-state index in [1.54, 1.807) is 0 Å². The van der Waals surface area contributed by atoms with Crippen LogP contribution in [-0.4, -0.2) is 16.3 Å². The molecule has 0 aliphatic rings. The van der Waals surface area contributed by atoms with Gasteiger partial charge in [0.25, 0.3) is 0 Å². The van der Waals surface area contributed by atoms with Gasteiger partial charge in [-0.3, -0.25) is 4.68 Å². The SMILES string of the molecule is C=C(C)CC(NCCC)c1cn(C)nc1CC. The Morgan fingerprint density at radius 1 is 1.53 bits per heavy atom. The van der Waals surface area contributed by atoms with Gasteiger partial charge < -0.3 is 5.32 Å². The third-order valence-corrected chi connectivity index (χ3v) is 2.84. The quantitative estimate of drug-likeness (QED) is 0.736. The molecule has 3 nitrogen and oxygen atoms in total. The van der Waals surface area contributed by atoms with Gasteiger partial charge in [-0.2, -0.15) is 5.10 Å². The molecule has 0 saturated carbocycles. The second-order valence-electron chi connectivity index (χ2n) is 4.73. The fraction of sp³-hybridized carbons (Fsp3) is 0.643. The molecule has 1 atom stereocenters. The number of hydrogen-bond donors (Lipinski definition) is 1. The van der Waals surface area contributed by atoms with E-state index in [4.69, 9.17) is 0 Å². The van der Waals surface area contributed by atoms with E-state index < -0.39 is 0 Å². The minimum absolute atomic E-state index is 0.358. The Morgan fingerprint density at radius 2 is 2.24 bits per heavy atom. The summed E-state index contributed by atoms with van der Waals surface area (Å²) in [6, 6.07) is 0.358. The molecule has 0 amide bonds. The van der Waals surface area contributed by atoms with Gasteiger partial charge in [-0.15, -0.1) is 6.58 Å². The second kappa shape index (κ2) is 6.60. The topological polar surface area (TPSA) is 29.9 Å². The van der Waals surface area contributed by atoms with Crippen LogP contribution in [-0.2, 0) is 13.5 Å². The summed E-state index contributed by atoms with van der Waals surface area (Å²) in [6.45, 7) is 11.5. The highest BCUT2D eigenvalue weighted by Crippen LogP contribution is 2.23. The van der Waals surface area contributed by atoms with Crippen LogP contribution in [0.4, 0.5) is 0 Å². The monoisotopic (exact) mass is 235 g/mol. The summed E-state index contributed by atoms with van der Waals surface area (Å²) in [5.74, 6) is 0. The first kappa shape index (κ1) is 14.0. The van der Waals surface area contributed by atoms with E-state index in [1.165, 1.54) is 16.8 Å². The molecule has 0 saturated heterocycles. The lowest BCUT2D eigenvalue weighted by Crippen LogP contribution is -2.23. The van der Waals surface area contributed by atoms with Crippen molar-refractivity contribution in [2.75, 3.05) is 6.54 Å². The molecule has 1 aromatic rings. The molecular weight excluding hydrogens is 210 g/mol. The predicted molar refractivity (Wildman–Crippen MR) is 73.1 cm³/mol. The van der Waals surface area contributed by atoms with Gasteiger partial charge in [0.05, 0.1) is 5.69 Å². The summed E-state index contributed by atoms with van der Waals surface area (Å²) in [5, 5.41) is 8.10. The molecule has 0 bridgehead atoms. The van der Waals surface area contributed by atoms with Crippen LogP contribution in [0.25, 0.3) is 0 Å². The van der Waals surface area contributed by atoms with E-state index >= 15 is 0 Å². The van der Waals surface area contributed by atoms with Crippen molar-refractivity contribution in [3.63, 3.8) is 0 Å². The van der Waals surface area contributed by atoms with Crippen LogP contribution < -0.4 is 5.32 Å². The lowest BCUT2D eigenvalue weighted by molar-refractivity contribution is 0.524. The second-order valence-corrected chi connectivity index (χ2v) is 4.73. The van der Waals surface area contributed by atoms with Gasteiger partial charge in [0.1, 0.15) is 0 Å². The smallest absolute Gasteiger partial charge is 0.0669 e. The standard InChI is InChI=1S/C14H25N3/c1-6-8-15-14(9-11(3)4)12-10-17(5)16-13(12)7-2/h10,14-15H,3,6-9H2,1-2,4-5H3. The van der Waals surface area contributed by atoms with E-state index in [9.17, 15) is 0 Å². The van der Waals surface area contributed by atoms with Crippen LogP contribution in [0.2, 0.25) is 0 Å². The maximum atomic E-state index is 4.51. The van der Waals surface area contributed by atoms with Crippen molar-refractivity contribution in [3.8, 4) is 0 Å². The number of nitrogens with zero attached hydrogens (tertiary/aromatic N) is 2. The van der Waals surface area contributed by atoms with Crippen LogP contribution in [0.5, 0.6) is 0 Å². The lowest BCUT2D eigenvalue weighted by Gasteiger charge is -2.18. The lowest BCUT2D eigenvalue weighted by atomic mass is 10.00. The summed E-state index contributed by atoms with van der Waals surface area (Å²) >= 11 is 0. The van der Waals surface area contributed by atoms with E-state index in [0.717, 1.165) is 25.8 Å². The molecule has 0 aliphatic heterocycles. The van der Waals surface area contributed by atoms with Gasteiger partial charge in [0.15, 0.2) is 0 Å². The van der Waals surface area contributed by atoms with Crippen LogP contribution in [0.1, 0.15) is 50.9 Å². The zero-order chi connectivity index (χ0) is 12.8. The first-order valence-corrected chi connectivity index (χ1v) is 6.48. The maximum Gasteiger partial charge on any atom is 0.0669 e. The molecule has 0 spiro atoms. The highest BCUT2D eigenvalue weighted by atomic mass is 15.3. The summed E-state index contributed by atoms with van der Waals surface area (Å²) in [5.41, 5.74) is 3.73. The average molecular weight is 235 g/mol. The van der Waals surface area contributed by atoms with Gasteiger partial charge in [0.2, 0.25) is 0 Å². The van der Waals surface area contributed by atoms with Gasteiger partial charge in [-0.25, -0.2) is 0 Å². The molecule has 0 aromatic carbocycles. The van der Waals surface area contributed by atoms with Crippen LogP contribution in [0, 0.1) is 0 Å². The van der Waals surface area contributed by atoms with Crippen molar-refractivity contribution >= 4 is 0 Å². The Kier molecular flexibility index (Phi) is 5.42. The maximum absolute atomic E-state index is 4.51. The first-order valence-electron chi connectivity index (χ1n) is 6.48. The molecule has 3 heteroatoms. The van der Waals surface area contributed by atoms with Crippen LogP contribution in [0.15, 0.2) is 18.3 Å². The molecule has 0 fully saturated rings. The highest BCUT2D eigenvalue weighted by molar-refractivity contribution is 5.23. The fourth-order valence-electron chi connectivity index (χ4n) is 2.08. The third-order valence-electron chi connectivity index (χ3n) is 2.84. The number of hydrogen-bond acceptors (Lipinski definition) is 2. The molecule has 0 aliphatic carbocycles. The van der Waals surface area contributed by atoms with E-state index in [-0.39, 0.29) is 0 Å². The summed E-state index contributed by atoms with van der Waals surface area (Å²) in [4.78, 5) is 0. The molecule has 17 heavy (non-hydrogen) atoms. The molecule has 96 valence electrons. The Hall–Kier alpha value is -1.09. The van der Waals surface area contributed by atoms with E-state index in [0.29, 0.717) is 6.04 Å². The Balaban J connectivity index is 2.89. The number of rotatable bonds is 7. The zero-order valence-corrected chi connectivity index (χ0v) is 11.6. The van der Waals surface area contributed by atoms with Gasteiger partial charge in [-0.1, -0.05) is 19.4 Å². The number of aromatic nitrogens is 2. The van der Waals surface area contributed by atoms with Crippen LogP contribution in [0.3, 0.4) is 0 Å². The van der Waals surface area contributed by atoms with Crippen molar-refractivity contribution < 1.29 is 0 Å². The van der Waals surface area contributed by atoms with Crippen LogP contribution >= 0.6 is 0 Å². The van der Waals surface area contributed by atoms with E-state index in [2.05, 4.69) is 44.0 Å². The molecule has 1 aromatic heterocycles. The average Bonchev–Trinajstić information content (AvgIpc) is 2.65. The van der Waals surface area contributed by atoms with Crippen molar-refractivity contribution in [2.45, 2.75) is 46.1 Å².